The summed E-state index contributed by atoms with van der Waals surface area (Å²) in [6, 6.07) is 4.02. The predicted octanol–water partition coefficient (Wildman–Crippen LogP) is 1.84. The maximum atomic E-state index is 11.3. The summed E-state index contributed by atoms with van der Waals surface area (Å²) in [6.07, 6.45) is 0. The van der Waals surface area contributed by atoms with E-state index in [4.69, 9.17) is 10.5 Å². The van der Waals surface area contributed by atoms with Crippen molar-refractivity contribution in [2.75, 3.05) is 13.2 Å². The zero-order valence-electron chi connectivity index (χ0n) is 11.5. The highest BCUT2D eigenvalue weighted by Gasteiger charge is 2.13. The lowest BCUT2D eigenvalue weighted by Gasteiger charge is -2.18. The molecule has 0 saturated heterocycles. The van der Waals surface area contributed by atoms with Crippen molar-refractivity contribution < 1.29 is 9.53 Å². The molecule has 1 aromatic rings. The minimum atomic E-state index is -0.145. The SMILES string of the molecule is CCOc1cc(C)c(C(C)NC(=O)CN)cc1C. The number of hydrogen-bond donors (Lipinski definition) is 2. The van der Waals surface area contributed by atoms with Gasteiger partial charge in [-0.3, -0.25) is 4.79 Å². The zero-order valence-corrected chi connectivity index (χ0v) is 11.5. The number of benzene rings is 1. The molecule has 0 bridgehead atoms. The Morgan fingerprint density at radius 2 is 2.06 bits per heavy atom. The Hall–Kier alpha value is -1.55. The Labute approximate surface area is 109 Å². The maximum absolute atomic E-state index is 11.3. The topological polar surface area (TPSA) is 64.3 Å². The first-order valence-corrected chi connectivity index (χ1v) is 6.23. The van der Waals surface area contributed by atoms with Gasteiger partial charge in [0.15, 0.2) is 0 Å². The van der Waals surface area contributed by atoms with E-state index in [1.807, 2.05) is 33.8 Å². The van der Waals surface area contributed by atoms with Crippen molar-refractivity contribution in [2.45, 2.75) is 33.7 Å². The fourth-order valence-corrected chi connectivity index (χ4v) is 1.97. The van der Waals surface area contributed by atoms with E-state index >= 15 is 0 Å². The van der Waals surface area contributed by atoms with Gasteiger partial charge >= 0.3 is 0 Å². The third kappa shape index (κ3) is 3.47. The number of rotatable bonds is 5. The first-order chi connectivity index (χ1) is 8.49. The van der Waals surface area contributed by atoms with Gasteiger partial charge in [0.1, 0.15) is 5.75 Å². The van der Waals surface area contributed by atoms with Crippen molar-refractivity contribution in [1.29, 1.82) is 0 Å². The lowest BCUT2D eigenvalue weighted by atomic mass is 9.99. The molecule has 1 aromatic carbocycles. The van der Waals surface area contributed by atoms with Gasteiger partial charge < -0.3 is 15.8 Å². The van der Waals surface area contributed by atoms with Crippen molar-refractivity contribution in [3.63, 3.8) is 0 Å². The lowest BCUT2D eigenvalue weighted by molar-refractivity contribution is -0.120. The van der Waals surface area contributed by atoms with Gasteiger partial charge in [0.05, 0.1) is 19.2 Å². The molecule has 0 fully saturated rings. The van der Waals surface area contributed by atoms with Crippen molar-refractivity contribution >= 4 is 5.91 Å². The first-order valence-electron chi connectivity index (χ1n) is 6.23. The number of nitrogens with one attached hydrogen (secondary N) is 1. The van der Waals surface area contributed by atoms with Crippen LogP contribution in [0, 0.1) is 13.8 Å². The van der Waals surface area contributed by atoms with Crippen LogP contribution in [-0.4, -0.2) is 19.1 Å². The highest BCUT2D eigenvalue weighted by molar-refractivity contribution is 5.78. The van der Waals surface area contributed by atoms with Crippen LogP contribution >= 0.6 is 0 Å². The van der Waals surface area contributed by atoms with Crippen LogP contribution in [0.1, 0.15) is 36.6 Å². The van der Waals surface area contributed by atoms with Crippen LogP contribution in [-0.2, 0) is 4.79 Å². The van der Waals surface area contributed by atoms with Gasteiger partial charge in [0.2, 0.25) is 5.91 Å². The maximum Gasteiger partial charge on any atom is 0.234 e. The molecule has 0 heterocycles. The number of amides is 1. The second-order valence-electron chi connectivity index (χ2n) is 4.40. The lowest BCUT2D eigenvalue weighted by Crippen LogP contribution is -2.32. The number of aryl methyl sites for hydroxylation is 2. The van der Waals surface area contributed by atoms with Gasteiger partial charge in [-0.1, -0.05) is 6.07 Å². The van der Waals surface area contributed by atoms with Crippen LogP contribution in [0.5, 0.6) is 5.75 Å². The average Bonchev–Trinajstić information content (AvgIpc) is 2.33. The molecule has 3 N–H and O–H groups in total. The van der Waals surface area contributed by atoms with Gasteiger partial charge in [-0.2, -0.15) is 0 Å². The van der Waals surface area contributed by atoms with Crippen LogP contribution in [0.3, 0.4) is 0 Å². The van der Waals surface area contributed by atoms with Crippen LogP contribution in [0.2, 0.25) is 0 Å². The largest absolute Gasteiger partial charge is 0.494 e. The summed E-state index contributed by atoms with van der Waals surface area (Å²) in [5, 5.41) is 2.86. The Bertz CT molecular complexity index is 430. The summed E-state index contributed by atoms with van der Waals surface area (Å²) < 4.78 is 5.55. The fourth-order valence-electron chi connectivity index (χ4n) is 1.97. The molecule has 0 saturated carbocycles. The molecule has 0 aliphatic heterocycles. The van der Waals surface area contributed by atoms with E-state index in [0.717, 1.165) is 22.4 Å². The van der Waals surface area contributed by atoms with Gasteiger partial charge in [-0.25, -0.2) is 0 Å². The number of ether oxygens (including phenoxy) is 1. The van der Waals surface area contributed by atoms with Crippen molar-refractivity contribution in [3.8, 4) is 5.75 Å². The Morgan fingerprint density at radius 3 is 2.61 bits per heavy atom. The molecule has 1 amide bonds. The van der Waals surface area contributed by atoms with E-state index in [1.165, 1.54) is 0 Å². The molecular weight excluding hydrogens is 228 g/mol. The third-order valence-corrected chi connectivity index (χ3v) is 2.89. The second kappa shape index (κ2) is 6.40. The molecule has 1 unspecified atom stereocenters. The van der Waals surface area contributed by atoms with Gasteiger partial charge in [-0.05, 0) is 50.5 Å². The molecule has 4 nitrogen and oxygen atoms in total. The standard InChI is InChI=1S/C14H22N2O2/c1-5-18-13-7-9(2)12(6-10(13)3)11(4)16-14(17)8-15/h6-7,11H,5,8,15H2,1-4H3,(H,16,17). The summed E-state index contributed by atoms with van der Waals surface area (Å²) in [6.45, 7) is 8.61. The summed E-state index contributed by atoms with van der Waals surface area (Å²) in [5.41, 5.74) is 8.57. The zero-order chi connectivity index (χ0) is 13.7. The summed E-state index contributed by atoms with van der Waals surface area (Å²) in [5.74, 6) is 0.754. The monoisotopic (exact) mass is 250 g/mol. The molecule has 0 aliphatic carbocycles. The van der Waals surface area contributed by atoms with Gasteiger partial charge in [-0.15, -0.1) is 0 Å². The molecule has 100 valence electrons. The summed E-state index contributed by atoms with van der Waals surface area (Å²) in [4.78, 5) is 11.3. The van der Waals surface area contributed by atoms with Gasteiger partial charge in [0, 0.05) is 0 Å². The van der Waals surface area contributed by atoms with Crippen molar-refractivity contribution in [3.05, 3.63) is 28.8 Å². The van der Waals surface area contributed by atoms with E-state index in [2.05, 4.69) is 11.4 Å². The molecular formula is C14H22N2O2. The number of nitrogens with two attached hydrogens (primary N) is 1. The minimum Gasteiger partial charge on any atom is -0.494 e. The quantitative estimate of drug-likeness (QED) is 0.838. The van der Waals surface area contributed by atoms with Crippen LogP contribution < -0.4 is 15.8 Å². The second-order valence-corrected chi connectivity index (χ2v) is 4.40. The molecule has 1 atom stereocenters. The van der Waals surface area contributed by atoms with Gasteiger partial charge in [0.25, 0.3) is 0 Å². The first kappa shape index (κ1) is 14.5. The Balaban J connectivity index is 2.96. The molecule has 1 rings (SSSR count). The number of hydrogen-bond acceptors (Lipinski definition) is 3. The Morgan fingerprint density at radius 1 is 1.39 bits per heavy atom. The molecule has 18 heavy (non-hydrogen) atoms. The van der Waals surface area contributed by atoms with Crippen LogP contribution in [0.15, 0.2) is 12.1 Å². The van der Waals surface area contributed by atoms with Crippen molar-refractivity contribution in [1.82, 2.24) is 5.32 Å². The summed E-state index contributed by atoms with van der Waals surface area (Å²) >= 11 is 0. The highest BCUT2D eigenvalue weighted by Crippen LogP contribution is 2.26. The average molecular weight is 250 g/mol. The third-order valence-electron chi connectivity index (χ3n) is 2.89. The van der Waals surface area contributed by atoms with Crippen LogP contribution in [0.25, 0.3) is 0 Å². The normalized spacial score (nSPS) is 12.1. The number of carbonyl (C=O) groups excluding carboxylic acids is 1. The van der Waals surface area contributed by atoms with E-state index in [1.54, 1.807) is 0 Å². The molecule has 0 spiro atoms. The minimum absolute atomic E-state index is 0.0133. The van der Waals surface area contributed by atoms with E-state index in [9.17, 15) is 4.79 Å². The fraction of sp³-hybridized carbons (Fsp3) is 0.500. The molecule has 0 aliphatic rings. The smallest absolute Gasteiger partial charge is 0.234 e. The summed E-state index contributed by atoms with van der Waals surface area (Å²) in [7, 11) is 0. The molecule has 0 aromatic heterocycles. The van der Waals surface area contributed by atoms with Crippen LogP contribution in [0.4, 0.5) is 0 Å². The Kier molecular flexibility index (Phi) is 5.16. The molecule has 4 heteroatoms. The highest BCUT2D eigenvalue weighted by atomic mass is 16.5. The van der Waals surface area contributed by atoms with E-state index in [0.29, 0.717) is 6.61 Å². The molecule has 0 radical (unpaired) electrons. The van der Waals surface area contributed by atoms with E-state index in [-0.39, 0.29) is 18.5 Å². The van der Waals surface area contributed by atoms with E-state index < -0.39 is 0 Å². The van der Waals surface area contributed by atoms with Crippen molar-refractivity contribution in [2.24, 2.45) is 5.73 Å². The predicted molar refractivity (Wildman–Crippen MR) is 72.7 cm³/mol. The number of carbonyl (C=O) groups is 1.